The van der Waals surface area contributed by atoms with Crippen LogP contribution >= 0.6 is 0 Å². The van der Waals surface area contributed by atoms with Gasteiger partial charge in [-0.05, 0) is 12.5 Å². The van der Waals surface area contributed by atoms with Crippen molar-refractivity contribution >= 4 is 0 Å². The van der Waals surface area contributed by atoms with Gasteiger partial charge in [0.25, 0.3) is 0 Å². The Morgan fingerprint density at radius 3 is 1.44 bits per heavy atom. The molecule has 1 radical (unpaired) electrons. The quantitative estimate of drug-likeness (QED) is 0.207. The van der Waals surface area contributed by atoms with Crippen molar-refractivity contribution in [3.05, 3.63) is 30.3 Å². The van der Waals surface area contributed by atoms with Crippen LogP contribution in [-0.4, -0.2) is 6.61 Å². The molecule has 0 fully saturated rings. The van der Waals surface area contributed by atoms with Gasteiger partial charge in [0.05, 0.1) is 6.61 Å². The Bertz CT molecular complexity index is 386. The summed E-state index contributed by atoms with van der Waals surface area (Å²) in [5, 5.41) is 0. The molecule has 0 amide bonds. The SMILES string of the molecule is CCCCCCCCCCCCCCCCCCCCOc1[c]cccc1. The van der Waals surface area contributed by atoms with Crippen molar-refractivity contribution in [3.8, 4) is 5.75 Å². The fourth-order valence-electron chi connectivity index (χ4n) is 3.65. The number of ether oxygens (including phenoxy) is 1. The number of hydrogen-bond donors (Lipinski definition) is 0. The van der Waals surface area contributed by atoms with Gasteiger partial charge in [0.1, 0.15) is 5.75 Å². The van der Waals surface area contributed by atoms with Crippen molar-refractivity contribution in [3.63, 3.8) is 0 Å². The topological polar surface area (TPSA) is 9.23 Å². The third-order valence-corrected chi connectivity index (χ3v) is 5.44. The molecule has 27 heavy (non-hydrogen) atoms. The molecule has 0 atom stereocenters. The molecule has 0 aromatic heterocycles. The second-order valence-corrected chi connectivity index (χ2v) is 8.09. The molecule has 0 N–H and O–H groups in total. The molecule has 1 heteroatoms. The zero-order valence-corrected chi connectivity index (χ0v) is 18.2. The molecule has 0 aliphatic carbocycles. The molecule has 0 saturated carbocycles. The summed E-state index contributed by atoms with van der Waals surface area (Å²) in [4.78, 5) is 0. The highest BCUT2D eigenvalue weighted by atomic mass is 16.5. The van der Waals surface area contributed by atoms with E-state index >= 15 is 0 Å². The lowest BCUT2D eigenvalue weighted by molar-refractivity contribution is 0.303. The maximum Gasteiger partial charge on any atom is 0.127 e. The maximum absolute atomic E-state index is 5.68. The predicted octanol–water partition coefficient (Wildman–Crippen LogP) is 8.91. The molecular weight excluding hydrogens is 328 g/mol. The standard InChI is InChI=1S/C26H45O/c1-2-3-4-5-6-7-8-9-10-11-12-13-14-15-16-17-18-22-25-27-26-23-20-19-21-24-26/h19-21,23H,2-18,22,25H2,1H3. The largest absolute Gasteiger partial charge is 0.493 e. The number of rotatable bonds is 20. The van der Waals surface area contributed by atoms with Gasteiger partial charge < -0.3 is 4.74 Å². The first-order valence-corrected chi connectivity index (χ1v) is 12.0. The van der Waals surface area contributed by atoms with E-state index in [0.717, 1.165) is 12.4 Å². The zero-order valence-electron chi connectivity index (χ0n) is 18.2. The van der Waals surface area contributed by atoms with E-state index in [-0.39, 0.29) is 0 Å². The van der Waals surface area contributed by atoms with Gasteiger partial charge in [-0.25, -0.2) is 0 Å². The molecular formula is C26H45O. The summed E-state index contributed by atoms with van der Waals surface area (Å²) in [5.41, 5.74) is 0. The maximum atomic E-state index is 5.68. The Morgan fingerprint density at radius 1 is 0.593 bits per heavy atom. The molecule has 0 unspecified atom stereocenters. The molecule has 0 aliphatic rings. The first-order chi connectivity index (χ1) is 13.4. The van der Waals surface area contributed by atoms with E-state index in [9.17, 15) is 0 Å². The minimum absolute atomic E-state index is 0.833. The van der Waals surface area contributed by atoms with Crippen molar-refractivity contribution in [1.29, 1.82) is 0 Å². The summed E-state index contributed by atoms with van der Waals surface area (Å²) in [6.45, 7) is 3.13. The lowest BCUT2D eigenvalue weighted by atomic mass is 10.0. The monoisotopic (exact) mass is 373 g/mol. The van der Waals surface area contributed by atoms with Gasteiger partial charge in [0.2, 0.25) is 0 Å². The first kappa shape index (κ1) is 24.1. The summed E-state index contributed by atoms with van der Waals surface area (Å²) < 4.78 is 5.68. The number of hydrogen-bond acceptors (Lipinski definition) is 1. The third-order valence-electron chi connectivity index (χ3n) is 5.44. The van der Waals surface area contributed by atoms with Gasteiger partial charge in [-0.3, -0.25) is 0 Å². The van der Waals surface area contributed by atoms with Crippen LogP contribution in [0.3, 0.4) is 0 Å². The van der Waals surface area contributed by atoms with Crippen molar-refractivity contribution in [1.82, 2.24) is 0 Å². The highest BCUT2D eigenvalue weighted by molar-refractivity contribution is 5.19. The lowest BCUT2D eigenvalue weighted by Crippen LogP contribution is -1.97. The van der Waals surface area contributed by atoms with Crippen LogP contribution in [0.5, 0.6) is 5.75 Å². The Morgan fingerprint density at radius 2 is 1.04 bits per heavy atom. The fraction of sp³-hybridized carbons (Fsp3) is 0.769. The lowest BCUT2D eigenvalue weighted by Gasteiger charge is -2.05. The molecule has 155 valence electrons. The summed E-state index contributed by atoms with van der Waals surface area (Å²) >= 11 is 0. The zero-order chi connectivity index (χ0) is 19.3. The molecule has 0 heterocycles. The molecule has 0 spiro atoms. The van der Waals surface area contributed by atoms with E-state index < -0.39 is 0 Å². The fourth-order valence-corrected chi connectivity index (χ4v) is 3.65. The van der Waals surface area contributed by atoms with Crippen molar-refractivity contribution in [2.24, 2.45) is 0 Å². The van der Waals surface area contributed by atoms with Crippen molar-refractivity contribution in [2.45, 2.75) is 122 Å². The molecule has 1 aromatic rings. The smallest absolute Gasteiger partial charge is 0.127 e. The molecule has 0 aliphatic heterocycles. The third kappa shape index (κ3) is 16.9. The van der Waals surface area contributed by atoms with Crippen LogP contribution in [-0.2, 0) is 0 Å². The second kappa shape index (κ2) is 19.8. The van der Waals surface area contributed by atoms with Crippen molar-refractivity contribution in [2.75, 3.05) is 6.61 Å². The van der Waals surface area contributed by atoms with Gasteiger partial charge >= 0.3 is 0 Å². The average molecular weight is 374 g/mol. The summed E-state index contributed by atoms with van der Waals surface area (Å²) in [6.07, 6.45) is 25.5. The van der Waals surface area contributed by atoms with Gasteiger partial charge in [0, 0.05) is 6.07 Å². The Balaban J connectivity index is 1.67. The Kier molecular flexibility index (Phi) is 17.6. The number of unbranched alkanes of at least 4 members (excludes halogenated alkanes) is 17. The minimum atomic E-state index is 0.833. The second-order valence-electron chi connectivity index (χ2n) is 8.09. The number of para-hydroxylation sites is 1. The Hall–Kier alpha value is -0.980. The van der Waals surface area contributed by atoms with Crippen LogP contribution in [0.1, 0.15) is 122 Å². The van der Waals surface area contributed by atoms with Crippen LogP contribution < -0.4 is 4.74 Å². The molecule has 1 nitrogen and oxygen atoms in total. The van der Waals surface area contributed by atoms with Gasteiger partial charge in [0.15, 0.2) is 0 Å². The van der Waals surface area contributed by atoms with Crippen molar-refractivity contribution < 1.29 is 4.74 Å². The van der Waals surface area contributed by atoms with E-state index in [1.165, 1.54) is 116 Å². The van der Waals surface area contributed by atoms with Crippen LogP contribution in [0.25, 0.3) is 0 Å². The van der Waals surface area contributed by atoms with E-state index in [1.807, 2.05) is 24.3 Å². The molecule has 0 saturated heterocycles. The highest BCUT2D eigenvalue weighted by Crippen LogP contribution is 2.14. The van der Waals surface area contributed by atoms with Crippen LogP contribution in [0.15, 0.2) is 24.3 Å². The molecule has 1 aromatic carbocycles. The molecule has 1 rings (SSSR count). The van der Waals surface area contributed by atoms with Gasteiger partial charge in [-0.15, -0.1) is 0 Å². The van der Waals surface area contributed by atoms with E-state index in [0.29, 0.717) is 0 Å². The highest BCUT2D eigenvalue weighted by Gasteiger charge is 1.96. The summed E-state index contributed by atoms with van der Waals surface area (Å²) in [5.74, 6) is 0.879. The first-order valence-electron chi connectivity index (χ1n) is 12.0. The van der Waals surface area contributed by atoms with E-state index in [1.54, 1.807) is 0 Å². The number of benzene rings is 1. The minimum Gasteiger partial charge on any atom is -0.493 e. The van der Waals surface area contributed by atoms with Crippen LogP contribution in [0, 0.1) is 6.07 Å². The predicted molar refractivity (Wildman–Crippen MR) is 120 cm³/mol. The Labute approximate surface area is 170 Å². The van der Waals surface area contributed by atoms with E-state index in [2.05, 4.69) is 13.0 Å². The van der Waals surface area contributed by atoms with Crippen LogP contribution in [0.2, 0.25) is 0 Å². The summed E-state index contributed by atoms with van der Waals surface area (Å²) in [6, 6.07) is 11.0. The normalized spacial score (nSPS) is 11.0. The van der Waals surface area contributed by atoms with E-state index in [4.69, 9.17) is 4.74 Å². The average Bonchev–Trinajstić information content (AvgIpc) is 2.70. The van der Waals surface area contributed by atoms with Crippen LogP contribution in [0.4, 0.5) is 0 Å². The molecule has 0 bridgehead atoms. The summed E-state index contributed by atoms with van der Waals surface area (Å²) in [7, 11) is 0. The van der Waals surface area contributed by atoms with Gasteiger partial charge in [-0.2, -0.15) is 0 Å². The van der Waals surface area contributed by atoms with Gasteiger partial charge in [-0.1, -0.05) is 134 Å².